The summed E-state index contributed by atoms with van der Waals surface area (Å²) in [7, 11) is 0. The largest absolute Gasteiger partial charge is 0.493 e. The van der Waals surface area contributed by atoms with Crippen LogP contribution in [-0.4, -0.2) is 17.7 Å². The summed E-state index contributed by atoms with van der Waals surface area (Å²) in [6.07, 6.45) is 0.512. The second-order valence-electron chi connectivity index (χ2n) is 3.43. The number of benzene rings is 1. The molecule has 1 rings (SSSR count). The summed E-state index contributed by atoms with van der Waals surface area (Å²) < 4.78 is 18.9. The van der Waals surface area contributed by atoms with Crippen molar-refractivity contribution in [3.8, 4) is 5.75 Å². The van der Waals surface area contributed by atoms with E-state index in [2.05, 4.69) is 0 Å². The van der Waals surface area contributed by atoms with Crippen LogP contribution in [0.3, 0.4) is 0 Å². The summed E-state index contributed by atoms with van der Waals surface area (Å²) in [5, 5.41) is 8.96. The number of hydrogen-bond acceptors (Lipinski definition) is 2. The second-order valence-corrected chi connectivity index (χ2v) is 3.43. The predicted octanol–water partition coefficient (Wildman–Crippen LogP) is 2.79. The molecule has 0 unspecified atom stereocenters. The first-order chi connectivity index (χ1) is 7.52. The minimum Gasteiger partial charge on any atom is -0.493 e. The molecule has 0 saturated heterocycles. The highest BCUT2D eigenvalue weighted by Gasteiger charge is 2.19. The fourth-order valence-corrected chi connectivity index (χ4v) is 1.72. The summed E-state index contributed by atoms with van der Waals surface area (Å²) in [5.74, 6) is -1.39. The first-order valence-electron chi connectivity index (χ1n) is 5.20. The summed E-state index contributed by atoms with van der Waals surface area (Å²) in [4.78, 5) is 11.0. The monoisotopic (exact) mass is 226 g/mol. The van der Waals surface area contributed by atoms with E-state index < -0.39 is 11.8 Å². The Bertz CT molecular complexity index is 413. The third kappa shape index (κ3) is 2.15. The molecule has 1 N–H and O–H groups in total. The first kappa shape index (κ1) is 12.5. The Balaban J connectivity index is 3.45. The Kier molecular flexibility index (Phi) is 3.88. The van der Waals surface area contributed by atoms with Gasteiger partial charge in [-0.3, -0.25) is 0 Å². The van der Waals surface area contributed by atoms with Gasteiger partial charge in [-0.25, -0.2) is 9.18 Å². The number of rotatable bonds is 4. The van der Waals surface area contributed by atoms with Gasteiger partial charge in [0.1, 0.15) is 17.1 Å². The van der Waals surface area contributed by atoms with Crippen LogP contribution in [0.5, 0.6) is 5.75 Å². The molecule has 0 amide bonds. The Morgan fingerprint density at radius 1 is 1.50 bits per heavy atom. The van der Waals surface area contributed by atoms with Crippen LogP contribution in [0.1, 0.15) is 35.3 Å². The molecule has 0 aromatic heterocycles. The lowest BCUT2D eigenvalue weighted by Crippen LogP contribution is -2.08. The van der Waals surface area contributed by atoms with E-state index in [1.807, 2.05) is 6.92 Å². The molecular weight excluding hydrogens is 211 g/mol. The van der Waals surface area contributed by atoms with Crippen LogP contribution in [0, 0.1) is 12.7 Å². The first-order valence-corrected chi connectivity index (χ1v) is 5.20. The van der Waals surface area contributed by atoms with Gasteiger partial charge in [-0.15, -0.1) is 0 Å². The lowest BCUT2D eigenvalue weighted by atomic mass is 10.0. The Hall–Kier alpha value is -1.58. The van der Waals surface area contributed by atoms with Crippen LogP contribution < -0.4 is 4.74 Å². The van der Waals surface area contributed by atoms with E-state index in [4.69, 9.17) is 9.84 Å². The molecular formula is C12H15FO3. The lowest BCUT2D eigenvalue weighted by Gasteiger charge is -2.14. The lowest BCUT2D eigenvalue weighted by molar-refractivity contribution is 0.0691. The van der Waals surface area contributed by atoms with Crippen molar-refractivity contribution in [2.75, 3.05) is 6.61 Å². The van der Waals surface area contributed by atoms with Crippen molar-refractivity contribution >= 4 is 5.97 Å². The van der Waals surface area contributed by atoms with Gasteiger partial charge in [-0.1, -0.05) is 6.92 Å². The third-order valence-corrected chi connectivity index (χ3v) is 2.47. The maximum atomic E-state index is 13.6. The van der Waals surface area contributed by atoms with Crippen molar-refractivity contribution in [2.45, 2.75) is 27.2 Å². The van der Waals surface area contributed by atoms with Crippen LogP contribution in [0.25, 0.3) is 0 Å². The molecule has 88 valence electrons. The van der Waals surface area contributed by atoms with Gasteiger partial charge in [0, 0.05) is 0 Å². The summed E-state index contributed by atoms with van der Waals surface area (Å²) in [6, 6.07) is 1.03. The highest BCUT2D eigenvalue weighted by atomic mass is 19.1. The van der Waals surface area contributed by atoms with Crippen LogP contribution in [0.15, 0.2) is 6.07 Å². The average molecular weight is 226 g/mol. The summed E-state index contributed by atoms with van der Waals surface area (Å²) in [6.45, 7) is 5.62. The van der Waals surface area contributed by atoms with Gasteiger partial charge in [-0.05, 0) is 37.5 Å². The minimum absolute atomic E-state index is 0.117. The molecule has 0 radical (unpaired) electrons. The maximum Gasteiger partial charge on any atom is 0.339 e. The molecule has 0 aliphatic rings. The smallest absolute Gasteiger partial charge is 0.339 e. The zero-order chi connectivity index (χ0) is 12.3. The molecule has 3 nitrogen and oxygen atoms in total. The van der Waals surface area contributed by atoms with Gasteiger partial charge in [0.05, 0.1) is 6.61 Å². The zero-order valence-electron chi connectivity index (χ0n) is 9.63. The fraction of sp³-hybridized carbons (Fsp3) is 0.417. The molecule has 0 aliphatic carbocycles. The number of carboxylic acids is 1. The van der Waals surface area contributed by atoms with Gasteiger partial charge in [-0.2, -0.15) is 0 Å². The molecule has 0 atom stereocenters. The molecule has 0 saturated carbocycles. The van der Waals surface area contributed by atoms with Crippen molar-refractivity contribution < 1.29 is 19.0 Å². The molecule has 0 bridgehead atoms. The molecule has 0 fully saturated rings. The number of carboxylic acid groups (broad SMARTS) is 1. The molecule has 1 aromatic rings. The molecule has 4 heteroatoms. The van der Waals surface area contributed by atoms with Crippen molar-refractivity contribution in [3.63, 3.8) is 0 Å². The van der Waals surface area contributed by atoms with Gasteiger partial charge >= 0.3 is 5.97 Å². The van der Waals surface area contributed by atoms with Gasteiger partial charge < -0.3 is 9.84 Å². The fourth-order valence-electron chi connectivity index (χ4n) is 1.72. The molecule has 0 heterocycles. The number of ether oxygens (including phenoxy) is 1. The van der Waals surface area contributed by atoms with E-state index in [9.17, 15) is 9.18 Å². The molecule has 0 spiro atoms. The van der Waals surface area contributed by atoms with E-state index in [1.54, 1.807) is 13.8 Å². The molecule has 16 heavy (non-hydrogen) atoms. The standard InChI is InChI=1S/C12H15FO3/c1-4-8-7(3)11(16-5-2)9(12(14)15)6-10(8)13/h6H,4-5H2,1-3H3,(H,14,15). The van der Waals surface area contributed by atoms with Crippen LogP contribution in [0.2, 0.25) is 0 Å². The second kappa shape index (κ2) is 4.96. The van der Waals surface area contributed by atoms with Crippen molar-refractivity contribution in [3.05, 3.63) is 28.6 Å². The minimum atomic E-state index is -1.17. The number of halogens is 1. The maximum absolute atomic E-state index is 13.6. The molecule has 1 aromatic carbocycles. The van der Waals surface area contributed by atoms with Gasteiger partial charge in [0.25, 0.3) is 0 Å². The van der Waals surface area contributed by atoms with E-state index in [0.717, 1.165) is 6.07 Å². The van der Waals surface area contributed by atoms with E-state index in [1.165, 1.54) is 0 Å². The average Bonchev–Trinajstić information content (AvgIpc) is 2.22. The van der Waals surface area contributed by atoms with Crippen LogP contribution >= 0.6 is 0 Å². The Labute approximate surface area is 93.9 Å². The SMILES string of the molecule is CCOc1c(C(=O)O)cc(F)c(CC)c1C. The molecule has 0 aliphatic heterocycles. The van der Waals surface area contributed by atoms with Crippen molar-refractivity contribution in [1.29, 1.82) is 0 Å². The Morgan fingerprint density at radius 2 is 2.12 bits per heavy atom. The quantitative estimate of drug-likeness (QED) is 0.858. The third-order valence-electron chi connectivity index (χ3n) is 2.47. The van der Waals surface area contributed by atoms with Crippen molar-refractivity contribution in [1.82, 2.24) is 0 Å². The number of carbonyl (C=O) groups is 1. The zero-order valence-corrected chi connectivity index (χ0v) is 9.63. The predicted molar refractivity (Wildman–Crippen MR) is 58.6 cm³/mol. The number of hydrogen-bond donors (Lipinski definition) is 1. The summed E-state index contributed by atoms with van der Waals surface area (Å²) >= 11 is 0. The highest BCUT2D eigenvalue weighted by molar-refractivity contribution is 5.91. The van der Waals surface area contributed by atoms with Gasteiger partial charge in [0.15, 0.2) is 0 Å². The van der Waals surface area contributed by atoms with E-state index in [0.29, 0.717) is 24.2 Å². The topological polar surface area (TPSA) is 46.5 Å². The van der Waals surface area contributed by atoms with Crippen LogP contribution in [0.4, 0.5) is 4.39 Å². The Morgan fingerprint density at radius 3 is 2.56 bits per heavy atom. The van der Waals surface area contributed by atoms with E-state index in [-0.39, 0.29) is 11.3 Å². The normalized spacial score (nSPS) is 10.2. The highest BCUT2D eigenvalue weighted by Crippen LogP contribution is 2.29. The van der Waals surface area contributed by atoms with Crippen molar-refractivity contribution in [2.24, 2.45) is 0 Å². The summed E-state index contributed by atoms with van der Waals surface area (Å²) in [5.41, 5.74) is 0.962. The van der Waals surface area contributed by atoms with Gasteiger partial charge in [0.2, 0.25) is 0 Å². The van der Waals surface area contributed by atoms with E-state index >= 15 is 0 Å². The number of aromatic carboxylic acids is 1. The van der Waals surface area contributed by atoms with Crippen LogP contribution in [-0.2, 0) is 6.42 Å².